The Hall–Kier alpha value is -1.56. The Balaban J connectivity index is 0. The summed E-state index contributed by atoms with van der Waals surface area (Å²) in [4.78, 5) is 0. The van der Waals surface area contributed by atoms with Crippen LogP contribution in [0.5, 0.6) is 0 Å². The second-order valence-corrected chi connectivity index (χ2v) is 2.81. The molecule has 0 saturated heterocycles. The van der Waals surface area contributed by atoms with Crippen LogP contribution in [0.2, 0.25) is 0 Å². The summed E-state index contributed by atoms with van der Waals surface area (Å²) in [5.41, 5.74) is 1.32. The first kappa shape index (κ1) is 12.4. The lowest BCUT2D eigenvalue weighted by molar-refractivity contribution is 1.48. The van der Waals surface area contributed by atoms with E-state index in [9.17, 15) is 0 Å². The maximum absolute atomic E-state index is 2.08. The first-order valence-corrected chi connectivity index (χ1v) is 4.41. The summed E-state index contributed by atoms with van der Waals surface area (Å²) in [5.74, 6) is 0. The first-order valence-electron chi connectivity index (χ1n) is 4.41. The van der Waals surface area contributed by atoms with E-state index in [0.717, 1.165) is 0 Å². The highest BCUT2D eigenvalue weighted by Crippen LogP contribution is 1.92. The van der Waals surface area contributed by atoms with Gasteiger partial charge in [0.1, 0.15) is 0 Å². The summed E-state index contributed by atoms with van der Waals surface area (Å²) in [6.45, 7) is 2.08. The fraction of sp³-hybridized carbons (Fsp3) is 0.143. The Morgan fingerprint density at radius 2 is 0.929 bits per heavy atom. The molecule has 0 atom stereocenters. The lowest BCUT2D eigenvalue weighted by Gasteiger charge is -1.82. The monoisotopic (exact) mass is 188 g/mol. The highest BCUT2D eigenvalue weighted by atomic mass is 13.8. The molecule has 0 aliphatic rings. The molecule has 76 valence electrons. The van der Waals surface area contributed by atoms with Gasteiger partial charge in [-0.05, 0) is 6.92 Å². The van der Waals surface area contributed by atoms with Crippen LogP contribution in [0.3, 0.4) is 0 Å². The fourth-order valence-corrected chi connectivity index (χ4v) is 0.919. The zero-order chi connectivity index (χ0) is 9.36. The van der Waals surface area contributed by atoms with Gasteiger partial charge in [-0.2, -0.15) is 0 Å². The van der Waals surface area contributed by atoms with E-state index in [1.807, 2.05) is 54.6 Å². The molecule has 2 rings (SSSR count). The van der Waals surface area contributed by atoms with Crippen molar-refractivity contribution >= 4 is 0 Å². The average molecular weight is 188 g/mol. The Morgan fingerprint density at radius 3 is 1.14 bits per heavy atom. The Bertz CT molecular complexity index is 276. The van der Waals surface area contributed by atoms with E-state index >= 15 is 0 Å². The summed E-state index contributed by atoms with van der Waals surface area (Å²) in [6, 6.07) is 22.3. The van der Waals surface area contributed by atoms with Gasteiger partial charge in [-0.25, -0.2) is 0 Å². The van der Waals surface area contributed by atoms with Crippen molar-refractivity contribution < 1.29 is 1.43 Å². The molecule has 0 saturated carbocycles. The van der Waals surface area contributed by atoms with Gasteiger partial charge in [0.15, 0.2) is 0 Å². The molecule has 0 bridgehead atoms. The molecule has 0 aliphatic carbocycles. The standard InChI is InChI=1S/C7H8.C6H6.CH4.H2/c1-7-5-3-2-4-6-7;1-2-4-6-5-3-1;;/h2-6H,1H3;1-6H;1H4;1H. The third-order valence-corrected chi connectivity index (χ3v) is 1.61. The van der Waals surface area contributed by atoms with E-state index in [1.165, 1.54) is 5.56 Å². The van der Waals surface area contributed by atoms with Gasteiger partial charge >= 0.3 is 0 Å². The van der Waals surface area contributed by atoms with Crippen LogP contribution in [0, 0.1) is 6.92 Å². The minimum absolute atomic E-state index is 0. The lowest BCUT2D eigenvalue weighted by Crippen LogP contribution is -1.62. The van der Waals surface area contributed by atoms with Gasteiger partial charge in [0.25, 0.3) is 0 Å². The molecule has 0 heteroatoms. The number of rotatable bonds is 0. The van der Waals surface area contributed by atoms with Crippen molar-refractivity contribution in [2.45, 2.75) is 14.4 Å². The summed E-state index contributed by atoms with van der Waals surface area (Å²) >= 11 is 0. The van der Waals surface area contributed by atoms with Crippen molar-refractivity contribution in [3.05, 3.63) is 72.3 Å². The van der Waals surface area contributed by atoms with Gasteiger partial charge < -0.3 is 0 Å². The molecule has 0 spiro atoms. The zero-order valence-corrected chi connectivity index (χ0v) is 7.85. The highest BCUT2D eigenvalue weighted by molar-refractivity contribution is 5.11. The molecule has 0 nitrogen and oxygen atoms in total. The number of benzene rings is 2. The second kappa shape index (κ2) is 8.06. The molecule has 0 radical (unpaired) electrons. The highest BCUT2D eigenvalue weighted by Gasteiger charge is 1.72. The average Bonchev–Trinajstić information content (AvgIpc) is 2.22. The van der Waals surface area contributed by atoms with Gasteiger partial charge in [-0.3, -0.25) is 0 Å². The molecule has 2 aromatic carbocycles. The van der Waals surface area contributed by atoms with E-state index in [-0.39, 0.29) is 8.85 Å². The maximum Gasteiger partial charge on any atom is 0 e. The Morgan fingerprint density at radius 1 is 0.643 bits per heavy atom. The molecule has 0 fully saturated rings. The van der Waals surface area contributed by atoms with E-state index in [2.05, 4.69) is 19.1 Å². The quantitative estimate of drug-likeness (QED) is 0.568. The third-order valence-electron chi connectivity index (χ3n) is 1.61. The molecule has 0 N–H and O–H groups in total. The molecule has 0 heterocycles. The van der Waals surface area contributed by atoms with Crippen LogP contribution in [0.1, 0.15) is 14.4 Å². The van der Waals surface area contributed by atoms with Crippen molar-refractivity contribution in [2.75, 3.05) is 0 Å². The number of hydrogen-bond donors (Lipinski definition) is 0. The predicted octanol–water partition coefficient (Wildman–Crippen LogP) is 4.56. The fourth-order valence-electron chi connectivity index (χ4n) is 0.919. The van der Waals surface area contributed by atoms with Gasteiger partial charge in [0.05, 0.1) is 0 Å². The van der Waals surface area contributed by atoms with Crippen LogP contribution >= 0.6 is 0 Å². The molecule has 14 heavy (non-hydrogen) atoms. The number of hydrogen-bond acceptors (Lipinski definition) is 0. The normalized spacial score (nSPS) is 7.79. The van der Waals surface area contributed by atoms with Crippen LogP contribution in [0.15, 0.2) is 66.7 Å². The van der Waals surface area contributed by atoms with E-state index in [0.29, 0.717) is 0 Å². The summed E-state index contributed by atoms with van der Waals surface area (Å²) < 4.78 is 0. The summed E-state index contributed by atoms with van der Waals surface area (Å²) in [6.07, 6.45) is 0. The van der Waals surface area contributed by atoms with E-state index in [4.69, 9.17) is 0 Å². The molecular formula is C14H20. The summed E-state index contributed by atoms with van der Waals surface area (Å²) in [7, 11) is 0. The van der Waals surface area contributed by atoms with Crippen molar-refractivity contribution in [3.63, 3.8) is 0 Å². The maximum atomic E-state index is 2.08. The summed E-state index contributed by atoms with van der Waals surface area (Å²) in [5, 5.41) is 0. The van der Waals surface area contributed by atoms with Crippen LogP contribution in [0.25, 0.3) is 0 Å². The van der Waals surface area contributed by atoms with Crippen molar-refractivity contribution in [2.24, 2.45) is 0 Å². The van der Waals surface area contributed by atoms with Crippen LogP contribution < -0.4 is 0 Å². The minimum atomic E-state index is 0. The van der Waals surface area contributed by atoms with Gasteiger partial charge in [-0.15, -0.1) is 0 Å². The van der Waals surface area contributed by atoms with Gasteiger partial charge in [-0.1, -0.05) is 79.7 Å². The Labute approximate surface area is 88.7 Å². The Kier molecular flexibility index (Phi) is 7.16. The second-order valence-electron chi connectivity index (χ2n) is 2.81. The lowest BCUT2D eigenvalue weighted by atomic mass is 10.2. The molecule has 0 aliphatic heterocycles. The van der Waals surface area contributed by atoms with Gasteiger partial charge in [0, 0.05) is 1.43 Å². The van der Waals surface area contributed by atoms with Crippen LogP contribution in [-0.2, 0) is 0 Å². The van der Waals surface area contributed by atoms with E-state index in [1.54, 1.807) is 0 Å². The van der Waals surface area contributed by atoms with Gasteiger partial charge in [0.2, 0.25) is 0 Å². The van der Waals surface area contributed by atoms with Crippen molar-refractivity contribution in [3.8, 4) is 0 Å². The molecule has 0 unspecified atom stereocenters. The van der Waals surface area contributed by atoms with Crippen LogP contribution in [-0.4, -0.2) is 0 Å². The zero-order valence-electron chi connectivity index (χ0n) is 7.85. The molecule has 0 amide bonds. The topological polar surface area (TPSA) is 0 Å². The smallest absolute Gasteiger partial charge is 0 e. The minimum Gasteiger partial charge on any atom is -0.0776 e. The van der Waals surface area contributed by atoms with Crippen molar-refractivity contribution in [1.29, 1.82) is 0 Å². The molecule has 2 aromatic rings. The van der Waals surface area contributed by atoms with Crippen LogP contribution in [0.4, 0.5) is 0 Å². The van der Waals surface area contributed by atoms with Crippen molar-refractivity contribution in [1.82, 2.24) is 0 Å². The third kappa shape index (κ3) is 6.01. The number of aryl methyl sites for hydroxylation is 1. The van der Waals surface area contributed by atoms with E-state index < -0.39 is 0 Å². The predicted molar refractivity (Wildman–Crippen MR) is 66.5 cm³/mol. The molecule has 0 aromatic heterocycles. The SMILES string of the molecule is C.Cc1ccccc1.[HH].c1ccccc1. The molecular weight excluding hydrogens is 168 g/mol. The first-order chi connectivity index (χ1) is 6.39. The largest absolute Gasteiger partial charge is 0.0776 e.